The first kappa shape index (κ1) is 8.75. The van der Waals surface area contributed by atoms with Crippen molar-refractivity contribution in [3.8, 4) is 0 Å². The highest BCUT2D eigenvalue weighted by Crippen LogP contribution is 2.39. The zero-order valence-electron chi connectivity index (χ0n) is 7.79. The molecule has 1 saturated heterocycles. The van der Waals surface area contributed by atoms with E-state index in [0.29, 0.717) is 13.2 Å². The monoisotopic (exact) mass is 181 g/mol. The molecule has 1 aliphatic heterocycles. The lowest BCUT2D eigenvalue weighted by Crippen LogP contribution is -2.62. The van der Waals surface area contributed by atoms with Crippen molar-refractivity contribution in [1.29, 1.82) is 0 Å². The fourth-order valence-corrected chi connectivity index (χ4v) is 2.19. The third-order valence-corrected chi connectivity index (χ3v) is 3.13. The highest BCUT2D eigenvalue weighted by atomic mass is 16.5. The highest BCUT2D eigenvalue weighted by Gasteiger charge is 2.46. The molecule has 72 valence electrons. The molecule has 3 nitrogen and oxygen atoms in total. The molecule has 1 saturated carbocycles. The minimum absolute atomic E-state index is 0.0313. The van der Waals surface area contributed by atoms with Crippen LogP contribution in [0.3, 0.4) is 0 Å². The summed E-state index contributed by atoms with van der Waals surface area (Å²) in [5.41, 5.74) is 0.0313. The lowest BCUT2D eigenvalue weighted by Gasteiger charge is -2.52. The summed E-state index contributed by atoms with van der Waals surface area (Å²) in [6.07, 6.45) is 4.80. The molecule has 0 bridgehead atoms. The number of hydrogen-bond acceptors (Lipinski definition) is 2. The number of carbonyl (C=O) groups excluding carboxylic acids is 1. The Balaban J connectivity index is 2.13. The average molecular weight is 181 g/mol. The second-order valence-electron chi connectivity index (χ2n) is 3.82. The van der Waals surface area contributed by atoms with Crippen LogP contribution >= 0.6 is 0 Å². The van der Waals surface area contributed by atoms with Crippen molar-refractivity contribution in [1.82, 2.24) is 4.90 Å². The van der Waals surface area contributed by atoms with E-state index < -0.39 is 0 Å². The normalized spacial score (nSPS) is 25.4. The molecule has 2 aliphatic rings. The largest absolute Gasteiger partial charge is 0.377 e. The zero-order valence-corrected chi connectivity index (χ0v) is 7.79. The molecule has 0 atom stereocenters. The average Bonchev–Trinajstić information content (AvgIpc) is 2.14. The molecule has 2 rings (SSSR count). The Kier molecular flexibility index (Phi) is 2.12. The van der Waals surface area contributed by atoms with Crippen molar-refractivity contribution in [2.45, 2.75) is 24.8 Å². The van der Waals surface area contributed by atoms with Gasteiger partial charge in [0.25, 0.3) is 0 Å². The Morgan fingerprint density at radius 2 is 2.31 bits per heavy atom. The van der Waals surface area contributed by atoms with Gasteiger partial charge in [-0.3, -0.25) is 4.79 Å². The maximum atomic E-state index is 11.5. The molecule has 0 aromatic heterocycles. The summed E-state index contributed by atoms with van der Waals surface area (Å²) in [6.45, 7) is 5.64. The summed E-state index contributed by atoms with van der Waals surface area (Å²) in [6, 6.07) is 0. The molecule has 13 heavy (non-hydrogen) atoms. The van der Waals surface area contributed by atoms with Gasteiger partial charge in [0, 0.05) is 6.54 Å². The topological polar surface area (TPSA) is 29.5 Å². The van der Waals surface area contributed by atoms with E-state index in [9.17, 15) is 4.79 Å². The smallest absolute Gasteiger partial charge is 0.246 e. The molecular weight excluding hydrogens is 166 g/mol. The third kappa shape index (κ3) is 1.27. The molecule has 1 aliphatic carbocycles. The van der Waals surface area contributed by atoms with Crippen molar-refractivity contribution >= 4 is 5.91 Å². The molecule has 0 unspecified atom stereocenters. The van der Waals surface area contributed by atoms with Crippen LogP contribution in [0.5, 0.6) is 0 Å². The molecule has 1 spiro atoms. The Hall–Kier alpha value is -0.830. The summed E-state index contributed by atoms with van der Waals surface area (Å²) in [5, 5.41) is 0. The maximum absolute atomic E-state index is 11.5. The lowest BCUT2D eigenvalue weighted by atomic mass is 9.75. The highest BCUT2D eigenvalue weighted by molar-refractivity contribution is 5.87. The molecule has 0 radical (unpaired) electrons. The molecule has 1 heterocycles. The van der Waals surface area contributed by atoms with E-state index in [1.807, 2.05) is 4.90 Å². The predicted molar refractivity (Wildman–Crippen MR) is 49.3 cm³/mol. The van der Waals surface area contributed by atoms with Gasteiger partial charge in [-0.1, -0.05) is 6.58 Å². The zero-order chi connectivity index (χ0) is 9.31. The number of amides is 1. The van der Waals surface area contributed by atoms with Crippen LogP contribution in [0.2, 0.25) is 0 Å². The Morgan fingerprint density at radius 3 is 2.85 bits per heavy atom. The van der Waals surface area contributed by atoms with Crippen molar-refractivity contribution < 1.29 is 9.53 Å². The van der Waals surface area contributed by atoms with E-state index in [1.165, 1.54) is 12.5 Å². The fraction of sp³-hybridized carbons (Fsp3) is 0.700. The summed E-state index contributed by atoms with van der Waals surface area (Å²) in [5.74, 6) is 0.0583. The van der Waals surface area contributed by atoms with Crippen molar-refractivity contribution in [3.05, 3.63) is 12.7 Å². The van der Waals surface area contributed by atoms with Crippen molar-refractivity contribution in [3.63, 3.8) is 0 Å². The molecule has 1 amide bonds. The predicted octanol–water partition coefficient (Wildman–Crippen LogP) is 0.954. The molecule has 3 heteroatoms. The van der Waals surface area contributed by atoms with Crippen molar-refractivity contribution in [2.75, 3.05) is 19.8 Å². The number of rotatable bonds is 1. The Morgan fingerprint density at radius 1 is 1.54 bits per heavy atom. The maximum Gasteiger partial charge on any atom is 0.246 e. The minimum atomic E-state index is 0.0313. The number of hydrogen-bond donors (Lipinski definition) is 0. The van der Waals surface area contributed by atoms with Gasteiger partial charge in [-0.05, 0) is 25.3 Å². The summed E-state index contributed by atoms with van der Waals surface area (Å²) >= 11 is 0. The molecule has 0 N–H and O–H groups in total. The van der Waals surface area contributed by atoms with Crippen LogP contribution in [0.4, 0.5) is 0 Å². The van der Waals surface area contributed by atoms with Crippen molar-refractivity contribution in [2.24, 2.45) is 0 Å². The van der Waals surface area contributed by atoms with Gasteiger partial charge in [-0.25, -0.2) is 0 Å². The molecular formula is C10H15NO2. The Labute approximate surface area is 78.4 Å². The van der Waals surface area contributed by atoms with Crippen LogP contribution < -0.4 is 0 Å². The van der Waals surface area contributed by atoms with Gasteiger partial charge in [-0.15, -0.1) is 0 Å². The number of morpholine rings is 1. The van der Waals surface area contributed by atoms with Gasteiger partial charge in [0.2, 0.25) is 5.91 Å². The first-order valence-electron chi connectivity index (χ1n) is 4.80. The minimum Gasteiger partial charge on any atom is -0.377 e. The quantitative estimate of drug-likeness (QED) is 0.564. The van der Waals surface area contributed by atoms with E-state index in [-0.39, 0.29) is 11.4 Å². The standard InChI is InChI=1S/C10H15NO2/c1-2-9(12)11-6-7-13-8-10(11)4-3-5-10/h2H,1,3-8H2. The Bertz CT molecular complexity index is 233. The van der Waals surface area contributed by atoms with Gasteiger partial charge in [0.1, 0.15) is 0 Å². The fourth-order valence-electron chi connectivity index (χ4n) is 2.19. The van der Waals surface area contributed by atoms with E-state index in [4.69, 9.17) is 4.74 Å². The van der Waals surface area contributed by atoms with E-state index >= 15 is 0 Å². The first-order valence-corrected chi connectivity index (χ1v) is 4.80. The van der Waals surface area contributed by atoms with Gasteiger partial charge in [-0.2, -0.15) is 0 Å². The number of ether oxygens (including phenoxy) is 1. The van der Waals surface area contributed by atoms with Gasteiger partial charge in [0.05, 0.1) is 18.8 Å². The molecule has 0 aromatic rings. The third-order valence-electron chi connectivity index (χ3n) is 3.13. The second kappa shape index (κ2) is 3.14. The van der Waals surface area contributed by atoms with Crippen LogP contribution in [0, 0.1) is 0 Å². The summed E-state index contributed by atoms with van der Waals surface area (Å²) < 4.78 is 5.42. The van der Waals surface area contributed by atoms with E-state index in [1.54, 1.807) is 0 Å². The molecule has 0 aromatic carbocycles. The van der Waals surface area contributed by atoms with Gasteiger partial charge < -0.3 is 9.64 Å². The summed E-state index contributed by atoms with van der Waals surface area (Å²) in [7, 11) is 0. The lowest BCUT2D eigenvalue weighted by molar-refractivity contribution is -0.153. The second-order valence-corrected chi connectivity index (χ2v) is 3.82. The van der Waals surface area contributed by atoms with Crippen LogP contribution in [0.15, 0.2) is 12.7 Å². The number of carbonyl (C=O) groups is 1. The number of nitrogens with zero attached hydrogens (tertiary/aromatic N) is 1. The SMILES string of the molecule is C=CC(=O)N1CCOCC12CCC2. The van der Waals surface area contributed by atoms with Crippen LogP contribution in [-0.4, -0.2) is 36.1 Å². The van der Waals surface area contributed by atoms with E-state index in [0.717, 1.165) is 19.4 Å². The van der Waals surface area contributed by atoms with E-state index in [2.05, 4.69) is 6.58 Å². The van der Waals surface area contributed by atoms with Crippen LogP contribution in [-0.2, 0) is 9.53 Å². The van der Waals surface area contributed by atoms with Crippen LogP contribution in [0.1, 0.15) is 19.3 Å². The summed E-state index contributed by atoms with van der Waals surface area (Å²) in [4.78, 5) is 13.5. The van der Waals surface area contributed by atoms with Crippen LogP contribution in [0.25, 0.3) is 0 Å². The van der Waals surface area contributed by atoms with Gasteiger partial charge >= 0.3 is 0 Å². The molecule has 2 fully saturated rings. The van der Waals surface area contributed by atoms with Gasteiger partial charge in [0.15, 0.2) is 0 Å². The first-order chi connectivity index (χ1) is 6.28.